The first-order chi connectivity index (χ1) is 12.1. The molecule has 0 spiro atoms. The van der Waals surface area contributed by atoms with Gasteiger partial charge in [0.2, 0.25) is 0 Å². The molecule has 6 heteroatoms. The number of hydrogen-bond donors (Lipinski definition) is 3. The Hall–Kier alpha value is -0.240. The van der Waals surface area contributed by atoms with E-state index in [9.17, 15) is 0 Å². The van der Waals surface area contributed by atoms with Gasteiger partial charge in [-0.25, -0.2) is 0 Å². The van der Waals surface area contributed by atoms with Crippen LogP contribution in [-0.2, 0) is 14.2 Å². The summed E-state index contributed by atoms with van der Waals surface area (Å²) in [7, 11) is 0. The van der Waals surface area contributed by atoms with E-state index in [1.165, 1.54) is 44.9 Å². The zero-order valence-corrected chi connectivity index (χ0v) is 17.2. The third kappa shape index (κ3) is 15.7. The molecular formula is C19H45N3O3. The Morgan fingerprint density at radius 3 is 1.48 bits per heavy atom. The second-order valence-corrected chi connectivity index (χ2v) is 6.16. The van der Waals surface area contributed by atoms with Gasteiger partial charge in [-0.3, -0.25) is 11.7 Å². The molecule has 0 saturated heterocycles. The average Bonchev–Trinajstić information content (AvgIpc) is 2.62. The summed E-state index contributed by atoms with van der Waals surface area (Å²) in [6.45, 7) is 9.95. The van der Waals surface area contributed by atoms with Crippen molar-refractivity contribution in [2.75, 3.05) is 19.8 Å². The first kappa shape index (κ1) is 27.0. The van der Waals surface area contributed by atoms with Crippen molar-refractivity contribution in [3.63, 3.8) is 0 Å². The fraction of sp³-hybridized carbons (Fsp3) is 1.00. The van der Waals surface area contributed by atoms with Crippen LogP contribution in [0.15, 0.2) is 0 Å². The molecule has 154 valence electrons. The van der Waals surface area contributed by atoms with Crippen LogP contribution in [0.3, 0.4) is 0 Å². The SMILES string of the molecule is CCOC(CCCCCCCCCC(N)CC)(OCC)OCC.NN. The normalized spacial score (nSPS) is 12.6. The monoisotopic (exact) mass is 363 g/mol. The van der Waals surface area contributed by atoms with E-state index >= 15 is 0 Å². The number of unbranched alkanes of at least 4 members (excludes halogenated alkanes) is 6. The van der Waals surface area contributed by atoms with Crippen molar-refractivity contribution in [1.82, 2.24) is 0 Å². The largest absolute Gasteiger partial charge is 0.328 e. The van der Waals surface area contributed by atoms with Crippen LogP contribution in [0.4, 0.5) is 0 Å². The van der Waals surface area contributed by atoms with Crippen LogP contribution in [0.1, 0.15) is 91.9 Å². The molecule has 6 nitrogen and oxygen atoms in total. The first-order valence-electron chi connectivity index (χ1n) is 10.1. The topological polar surface area (TPSA) is 106 Å². The molecule has 0 aromatic rings. The molecule has 1 atom stereocenters. The molecule has 0 amide bonds. The Bertz CT molecular complexity index is 239. The van der Waals surface area contributed by atoms with Crippen molar-refractivity contribution < 1.29 is 14.2 Å². The second-order valence-electron chi connectivity index (χ2n) is 6.16. The molecule has 0 heterocycles. The minimum absolute atomic E-state index is 0.402. The maximum absolute atomic E-state index is 5.93. The number of ether oxygens (including phenoxy) is 3. The Kier molecular flexibility index (Phi) is 21.7. The highest BCUT2D eigenvalue weighted by atomic mass is 16.9. The first-order valence-corrected chi connectivity index (χ1v) is 10.1. The van der Waals surface area contributed by atoms with Gasteiger partial charge in [0.25, 0.3) is 5.97 Å². The summed E-state index contributed by atoms with van der Waals surface area (Å²) < 4.78 is 17.2. The zero-order chi connectivity index (χ0) is 19.4. The van der Waals surface area contributed by atoms with Crippen LogP contribution in [0.5, 0.6) is 0 Å². The lowest BCUT2D eigenvalue weighted by Crippen LogP contribution is -2.39. The smallest absolute Gasteiger partial charge is 0.282 e. The number of hydrazine groups is 1. The van der Waals surface area contributed by atoms with E-state index in [4.69, 9.17) is 19.9 Å². The lowest BCUT2D eigenvalue weighted by molar-refractivity contribution is -0.380. The minimum atomic E-state index is -0.825. The van der Waals surface area contributed by atoms with E-state index in [0.717, 1.165) is 19.3 Å². The number of rotatable bonds is 17. The van der Waals surface area contributed by atoms with Crippen LogP contribution < -0.4 is 17.4 Å². The summed E-state index contributed by atoms with van der Waals surface area (Å²) in [5.74, 6) is 7.18. The summed E-state index contributed by atoms with van der Waals surface area (Å²) in [6.07, 6.45) is 11.9. The summed E-state index contributed by atoms with van der Waals surface area (Å²) in [5.41, 5.74) is 5.93. The van der Waals surface area contributed by atoms with Crippen molar-refractivity contribution in [2.45, 2.75) is 104 Å². The lowest BCUT2D eigenvalue weighted by Gasteiger charge is -2.32. The van der Waals surface area contributed by atoms with Crippen LogP contribution in [0.2, 0.25) is 0 Å². The third-order valence-corrected chi connectivity index (χ3v) is 4.18. The maximum Gasteiger partial charge on any atom is 0.282 e. The highest BCUT2D eigenvalue weighted by molar-refractivity contribution is 4.60. The van der Waals surface area contributed by atoms with Crippen molar-refractivity contribution in [2.24, 2.45) is 17.4 Å². The Labute approximate surface area is 156 Å². The summed E-state index contributed by atoms with van der Waals surface area (Å²) in [4.78, 5) is 0. The van der Waals surface area contributed by atoms with Crippen molar-refractivity contribution in [3.05, 3.63) is 0 Å². The molecule has 0 radical (unpaired) electrons. The highest BCUT2D eigenvalue weighted by Crippen LogP contribution is 2.24. The van der Waals surface area contributed by atoms with E-state index in [-0.39, 0.29) is 0 Å². The van der Waals surface area contributed by atoms with Crippen LogP contribution in [0.25, 0.3) is 0 Å². The van der Waals surface area contributed by atoms with Gasteiger partial charge in [0, 0.05) is 32.3 Å². The van der Waals surface area contributed by atoms with Gasteiger partial charge in [0.15, 0.2) is 0 Å². The van der Waals surface area contributed by atoms with E-state index in [0.29, 0.717) is 25.9 Å². The predicted octanol–water partition coefficient (Wildman–Crippen LogP) is 3.82. The van der Waals surface area contributed by atoms with Gasteiger partial charge in [-0.2, -0.15) is 0 Å². The Balaban J connectivity index is 0. The molecule has 0 aromatic heterocycles. The van der Waals surface area contributed by atoms with E-state index in [1.54, 1.807) is 0 Å². The summed E-state index contributed by atoms with van der Waals surface area (Å²) >= 11 is 0. The van der Waals surface area contributed by atoms with Gasteiger partial charge < -0.3 is 19.9 Å². The van der Waals surface area contributed by atoms with Gasteiger partial charge in [-0.1, -0.05) is 45.4 Å². The third-order valence-electron chi connectivity index (χ3n) is 4.18. The van der Waals surface area contributed by atoms with Crippen LogP contribution >= 0.6 is 0 Å². The second kappa shape index (κ2) is 20.1. The fourth-order valence-electron chi connectivity index (χ4n) is 2.84. The molecule has 0 aliphatic heterocycles. The predicted molar refractivity (Wildman–Crippen MR) is 106 cm³/mol. The molecule has 0 saturated carbocycles. The Morgan fingerprint density at radius 1 is 0.680 bits per heavy atom. The standard InChI is InChI=1S/C19H41NO3.H4N2/c1-5-18(20)16-14-12-10-9-11-13-15-17-19(21-6-2,22-7-3)23-8-4;1-2/h18H,5-17,20H2,1-4H3;1-2H2. The number of nitrogens with two attached hydrogens (primary N) is 3. The maximum atomic E-state index is 5.93. The van der Waals surface area contributed by atoms with Crippen molar-refractivity contribution >= 4 is 0 Å². The zero-order valence-electron chi connectivity index (χ0n) is 17.2. The quantitative estimate of drug-likeness (QED) is 0.157. The van der Waals surface area contributed by atoms with Crippen molar-refractivity contribution in [1.29, 1.82) is 0 Å². The molecule has 0 aliphatic carbocycles. The lowest BCUT2D eigenvalue weighted by atomic mass is 10.0. The molecule has 6 N–H and O–H groups in total. The molecule has 0 aliphatic rings. The van der Waals surface area contributed by atoms with Crippen LogP contribution in [0, 0.1) is 0 Å². The Morgan fingerprint density at radius 2 is 1.08 bits per heavy atom. The van der Waals surface area contributed by atoms with Gasteiger partial charge >= 0.3 is 0 Å². The molecule has 25 heavy (non-hydrogen) atoms. The van der Waals surface area contributed by atoms with Gasteiger partial charge in [0.05, 0.1) is 0 Å². The summed E-state index contributed by atoms with van der Waals surface area (Å²) in [6, 6.07) is 0.402. The van der Waals surface area contributed by atoms with E-state index in [1.807, 2.05) is 20.8 Å². The molecular weight excluding hydrogens is 318 g/mol. The molecule has 1 unspecified atom stereocenters. The van der Waals surface area contributed by atoms with Crippen molar-refractivity contribution in [3.8, 4) is 0 Å². The van der Waals surface area contributed by atoms with Gasteiger partial charge in [0.1, 0.15) is 0 Å². The van der Waals surface area contributed by atoms with E-state index in [2.05, 4.69) is 18.6 Å². The molecule has 0 aromatic carbocycles. The van der Waals surface area contributed by atoms with E-state index < -0.39 is 5.97 Å². The van der Waals surface area contributed by atoms with Crippen LogP contribution in [-0.4, -0.2) is 31.8 Å². The van der Waals surface area contributed by atoms with Gasteiger partial charge in [-0.15, -0.1) is 0 Å². The molecule has 0 fully saturated rings. The fourth-order valence-corrected chi connectivity index (χ4v) is 2.84. The van der Waals surface area contributed by atoms with Gasteiger partial charge in [-0.05, 0) is 40.0 Å². The minimum Gasteiger partial charge on any atom is -0.328 e. The molecule has 0 rings (SSSR count). The molecule has 0 bridgehead atoms. The summed E-state index contributed by atoms with van der Waals surface area (Å²) in [5, 5.41) is 0. The average molecular weight is 364 g/mol. The number of hydrogen-bond acceptors (Lipinski definition) is 6. The highest BCUT2D eigenvalue weighted by Gasteiger charge is 2.31.